The van der Waals surface area contributed by atoms with Crippen molar-refractivity contribution in [1.29, 1.82) is 0 Å². The molecule has 1 fully saturated rings. The highest BCUT2D eigenvalue weighted by Gasteiger charge is 2.26. The minimum absolute atomic E-state index is 0.0596. The minimum Gasteiger partial charge on any atom is -0.292 e. The molecule has 100 valence electrons. The third-order valence-electron chi connectivity index (χ3n) is 3.91. The standard InChI is InChI=1S/C15H17ClN2O/c1-2-12(16)14-17-13-9-4-3-8-11(13)15(19)18(14)10-6-5-7-10/h3-4,8-10,12H,2,5-7H2,1H3. The summed E-state index contributed by atoms with van der Waals surface area (Å²) in [6.07, 6.45) is 4.07. The molecule has 0 amide bonds. The molecule has 0 N–H and O–H groups in total. The van der Waals surface area contributed by atoms with Gasteiger partial charge in [-0.25, -0.2) is 4.98 Å². The monoisotopic (exact) mass is 276 g/mol. The quantitative estimate of drug-likeness (QED) is 0.799. The summed E-state index contributed by atoms with van der Waals surface area (Å²) < 4.78 is 1.84. The van der Waals surface area contributed by atoms with E-state index in [0.29, 0.717) is 5.39 Å². The molecule has 1 atom stereocenters. The zero-order valence-corrected chi connectivity index (χ0v) is 11.7. The minimum atomic E-state index is -0.196. The maximum absolute atomic E-state index is 12.7. The number of hydrogen-bond donors (Lipinski definition) is 0. The van der Waals surface area contributed by atoms with E-state index in [0.717, 1.165) is 30.6 Å². The molecule has 1 saturated carbocycles. The first-order chi connectivity index (χ1) is 9.22. The van der Waals surface area contributed by atoms with Gasteiger partial charge in [-0.3, -0.25) is 9.36 Å². The van der Waals surface area contributed by atoms with Gasteiger partial charge in [0.1, 0.15) is 5.82 Å². The lowest BCUT2D eigenvalue weighted by Crippen LogP contribution is -2.33. The average molecular weight is 277 g/mol. The Morgan fingerprint density at radius 3 is 2.79 bits per heavy atom. The Hall–Kier alpha value is -1.35. The van der Waals surface area contributed by atoms with E-state index < -0.39 is 0 Å². The summed E-state index contributed by atoms with van der Waals surface area (Å²) in [5.41, 5.74) is 0.807. The fourth-order valence-corrected chi connectivity index (χ4v) is 2.72. The Morgan fingerprint density at radius 1 is 1.42 bits per heavy atom. The Labute approximate surface area is 117 Å². The van der Waals surface area contributed by atoms with Crippen LogP contribution in [0.25, 0.3) is 10.9 Å². The second-order valence-corrected chi connectivity index (χ2v) is 5.65. The first kappa shape index (κ1) is 12.7. The molecule has 1 aromatic carbocycles. The number of halogens is 1. The van der Waals surface area contributed by atoms with Crippen molar-refractivity contribution in [2.45, 2.75) is 44.0 Å². The maximum atomic E-state index is 12.7. The maximum Gasteiger partial charge on any atom is 0.261 e. The first-order valence-corrected chi connectivity index (χ1v) is 7.31. The molecule has 0 aliphatic heterocycles. The van der Waals surface area contributed by atoms with Crippen LogP contribution in [0.2, 0.25) is 0 Å². The van der Waals surface area contributed by atoms with E-state index in [4.69, 9.17) is 11.6 Å². The van der Waals surface area contributed by atoms with Crippen LogP contribution in [0, 0.1) is 0 Å². The van der Waals surface area contributed by atoms with Crippen LogP contribution in [0.3, 0.4) is 0 Å². The molecular weight excluding hydrogens is 260 g/mol. The third kappa shape index (κ3) is 2.06. The molecule has 3 rings (SSSR count). The zero-order valence-electron chi connectivity index (χ0n) is 11.0. The molecule has 0 spiro atoms. The lowest BCUT2D eigenvalue weighted by molar-refractivity contribution is 0.296. The SMILES string of the molecule is CCC(Cl)c1nc2ccccc2c(=O)n1C1CCC1. The summed E-state index contributed by atoms with van der Waals surface area (Å²) in [5.74, 6) is 0.734. The lowest BCUT2D eigenvalue weighted by Gasteiger charge is -2.30. The Bertz CT molecular complexity index is 661. The van der Waals surface area contributed by atoms with Gasteiger partial charge in [0.15, 0.2) is 0 Å². The van der Waals surface area contributed by atoms with Gasteiger partial charge in [-0.1, -0.05) is 19.1 Å². The largest absolute Gasteiger partial charge is 0.292 e. The molecule has 1 aliphatic rings. The number of fused-ring (bicyclic) bond motifs is 1. The fourth-order valence-electron chi connectivity index (χ4n) is 2.56. The Morgan fingerprint density at radius 2 is 2.16 bits per heavy atom. The summed E-state index contributed by atoms with van der Waals surface area (Å²) >= 11 is 6.37. The van der Waals surface area contributed by atoms with Crippen molar-refractivity contribution in [3.8, 4) is 0 Å². The molecule has 2 aromatic rings. The average Bonchev–Trinajstić information content (AvgIpc) is 2.39. The van der Waals surface area contributed by atoms with E-state index in [1.54, 1.807) is 0 Å². The molecule has 1 aromatic heterocycles. The smallest absolute Gasteiger partial charge is 0.261 e. The summed E-state index contributed by atoms with van der Waals surface area (Å²) in [6.45, 7) is 2.02. The van der Waals surface area contributed by atoms with E-state index in [2.05, 4.69) is 4.98 Å². The van der Waals surface area contributed by atoms with Gasteiger partial charge in [-0.05, 0) is 37.8 Å². The van der Waals surface area contributed by atoms with Crippen LogP contribution in [-0.4, -0.2) is 9.55 Å². The van der Waals surface area contributed by atoms with E-state index in [1.165, 1.54) is 6.42 Å². The highest BCUT2D eigenvalue weighted by atomic mass is 35.5. The summed E-state index contributed by atoms with van der Waals surface area (Å²) in [5, 5.41) is 0.496. The molecule has 1 heterocycles. The van der Waals surface area contributed by atoms with Gasteiger partial charge in [0.05, 0.1) is 16.3 Å². The number of benzene rings is 1. The van der Waals surface area contributed by atoms with Gasteiger partial charge in [0.25, 0.3) is 5.56 Å². The van der Waals surface area contributed by atoms with Crippen LogP contribution in [0.15, 0.2) is 29.1 Å². The van der Waals surface area contributed by atoms with Gasteiger partial charge in [0.2, 0.25) is 0 Å². The van der Waals surface area contributed by atoms with E-state index >= 15 is 0 Å². The molecule has 4 heteroatoms. The number of aromatic nitrogens is 2. The Balaban J connectivity index is 2.29. The van der Waals surface area contributed by atoms with Crippen molar-refractivity contribution in [1.82, 2.24) is 9.55 Å². The predicted molar refractivity (Wildman–Crippen MR) is 77.8 cm³/mol. The highest BCUT2D eigenvalue weighted by molar-refractivity contribution is 6.20. The second-order valence-electron chi connectivity index (χ2n) is 5.12. The van der Waals surface area contributed by atoms with Gasteiger partial charge in [0, 0.05) is 6.04 Å². The second kappa shape index (κ2) is 4.97. The number of para-hydroxylation sites is 1. The zero-order chi connectivity index (χ0) is 13.4. The van der Waals surface area contributed by atoms with Crippen molar-refractivity contribution < 1.29 is 0 Å². The third-order valence-corrected chi connectivity index (χ3v) is 4.42. The van der Waals surface area contributed by atoms with Crippen molar-refractivity contribution in [3.05, 3.63) is 40.4 Å². The number of rotatable bonds is 3. The van der Waals surface area contributed by atoms with E-state index in [-0.39, 0.29) is 17.0 Å². The summed E-state index contributed by atoms with van der Waals surface area (Å²) in [4.78, 5) is 17.3. The van der Waals surface area contributed by atoms with Crippen LogP contribution in [0.1, 0.15) is 49.9 Å². The van der Waals surface area contributed by atoms with Gasteiger partial charge in [-0.15, -0.1) is 11.6 Å². The van der Waals surface area contributed by atoms with Gasteiger partial charge >= 0.3 is 0 Å². The molecule has 1 unspecified atom stereocenters. The van der Waals surface area contributed by atoms with Crippen LogP contribution in [0.5, 0.6) is 0 Å². The van der Waals surface area contributed by atoms with Crippen LogP contribution >= 0.6 is 11.6 Å². The lowest BCUT2D eigenvalue weighted by atomic mass is 9.92. The first-order valence-electron chi connectivity index (χ1n) is 6.87. The number of alkyl halides is 1. The highest BCUT2D eigenvalue weighted by Crippen LogP contribution is 2.34. The molecular formula is C15H17ClN2O. The molecule has 0 saturated heterocycles. The molecule has 19 heavy (non-hydrogen) atoms. The van der Waals surface area contributed by atoms with Crippen LogP contribution in [0.4, 0.5) is 0 Å². The molecule has 0 radical (unpaired) electrons. The van der Waals surface area contributed by atoms with Crippen molar-refractivity contribution in [2.75, 3.05) is 0 Å². The summed E-state index contributed by atoms with van der Waals surface area (Å²) in [7, 11) is 0. The number of nitrogens with zero attached hydrogens (tertiary/aromatic N) is 2. The van der Waals surface area contributed by atoms with E-state index in [1.807, 2.05) is 35.8 Å². The van der Waals surface area contributed by atoms with Crippen LogP contribution < -0.4 is 5.56 Å². The topological polar surface area (TPSA) is 34.9 Å². The normalized spacial score (nSPS) is 17.4. The predicted octanol–water partition coefficient (Wildman–Crippen LogP) is 3.81. The molecule has 0 bridgehead atoms. The number of hydrogen-bond acceptors (Lipinski definition) is 2. The van der Waals surface area contributed by atoms with E-state index in [9.17, 15) is 4.79 Å². The summed E-state index contributed by atoms with van der Waals surface area (Å²) in [6, 6.07) is 7.80. The van der Waals surface area contributed by atoms with Crippen molar-refractivity contribution in [3.63, 3.8) is 0 Å². The van der Waals surface area contributed by atoms with Gasteiger partial charge in [-0.2, -0.15) is 0 Å². The molecule has 1 aliphatic carbocycles. The molecule has 3 nitrogen and oxygen atoms in total. The van der Waals surface area contributed by atoms with Crippen molar-refractivity contribution >= 4 is 22.5 Å². The Kier molecular flexibility index (Phi) is 3.31. The van der Waals surface area contributed by atoms with Crippen LogP contribution in [-0.2, 0) is 0 Å². The van der Waals surface area contributed by atoms with Crippen molar-refractivity contribution in [2.24, 2.45) is 0 Å². The van der Waals surface area contributed by atoms with Gasteiger partial charge < -0.3 is 0 Å². The fraction of sp³-hybridized carbons (Fsp3) is 0.467.